The maximum atomic E-state index is 4.67. The normalized spacial score (nSPS) is 18.7. The molecule has 0 spiro atoms. The number of pyridine rings is 1. The summed E-state index contributed by atoms with van der Waals surface area (Å²) in [7, 11) is 0. The fraction of sp³-hybridized carbons (Fsp3) is 0.722. The van der Waals surface area contributed by atoms with Crippen LogP contribution in [0.25, 0.3) is 0 Å². The summed E-state index contributed by atoms with van der Waals surface area (Å²) in [6.45, 7) is 7.63. The average molecular weight is 353 g/mol. The fourth-order valence-electron chi connectivity index (χ4n) is 3.48. The van der Waals surface area contributed by atoms with Crippen LogP contribution in [-0.2, 0) is 6.54 Å². The average Bonchev–Trinajstić information content (AvgIpc) is 2.73. The molecule has 0 aromatic carbocycles. The van der Waals surface area contributed by atoms with E-state index in [1.807, 2.05) is 0 Å². The van der Waals surface area contributed by atoms with Gasteiger partial charge in [-0.2, -0.15) is 0 Å². The van der Waals surface area contributed by atoms with E-state index in [0.717, 1.165) is 24.1 Å². The van der Waals surface area contributed by atoms with E-state index in [4.69, 9.17) is 0 Å². The summed E-state index contributed by atoms with van der Waals surface area (Å²) >= 11 is 3.82. The summed E-state index contributed by atoms with van der Waals surface area (Å²) in [5, 5.41) is 1.14. The SMILES string of the molecule is CCN(Cc1cccc(C)n1)CC1(CBr)CCCCCC1. The largest absolute Gasteiger partial charge is 0.297 e. The molecule has 1 aromatic rings. The van der Waals surface area contributed by atoms with E-state index in [1.54, 1.807) is 0 Å². The first kappa shape index (κ1) is 17.0. The minimum Gasteiger partial charge on any atom is -0.297 e. The minimum atomic E-state index is 0.469. The van der Waals surface area contributed by atoms with Crippen LogP contribution in [0.5, 0.6) is 0 Å². The van der Waals surface area contributed by atoms with Gasteiger partial charge in [-0.3, -0.25) is 9.88 Å². The number of aryl methyl sites for hydroxylation is 1. The van der Waals surface area contributed by atoms with Crippen LogP contribution in [-0.4, -0.2) is 28.3 Å². The summed E-state index contributed by atoms with van der Waals surface area (Å²) in [5.41, 5.74) is 2.79. The third-order valence-electron chi connectivity index (χ3n) is 4.79. The molecule has 1 fully saturated rings. The molecule has 1 aliphatic carbocycles. The first-order valence-electron chi connectivity index (χ1n) is 8.38. The molecule has 0 atom stereocenters. The standard InChI is InChI=1S/C18H29BrN2/c1-3-21(13-17-10-8-9-16(2)20-17)15-18(14-19)11-6-4-5-7-12-18/h8-10H,3-7,11-15H2,1-2H3. The molecule has 2 rings (SSSR count). The highest BCUT2D eigenvalue weighted by Gasteiger charge is 2.31. The molecule has 0 bridgehead atoms. The second-order valence-electron chi connectivity index (χ2n) is 6.62. The van der Waals surface area contributed by atoms with Crippen molar-refractivity contribution in [1.29, 1.82) is 0 Å². The van der Waals surface area contributed by atoms with E-state index in [-0.39, 0.29) is 0 Å². The molecule has 0 saturated heterocycles. The number of aromatic nitrogens is 1. The van der Waals surface area contributed by atoms with Gasteiger partial charge < -0.3 is 0 Å². The van der Waals surface area contributed by atoms with Crippen LogP contribution in [0, 0.1) is 12.3 Å². The highest BCUT2D eigenvalue weighted by Crippen LogP contribution is 2.37. The van der Waals surface area contributed by atoms with E-state index in [2.05, 4.69) is 57.9 Å². The summed E-state index contributed by atoms with van der Waals surface area (Å²) < 4.78 is 0. The van der Waals surface area contributed by atoms with Crippen molar-refractivity contribution < 1.29 is 0 Å². The molecule has 118 valence electrons. The van der Waals surface area contributed by atoms with E-state index < -0.39 is 0 Å². The van der Waals surface area contributed by atoms with Crippen molar-refractivity contribution in [3.05, 3.63) is 29.6 Å². The Labute approximate surface area is 138 Å². The van der Waals surface area contributed by atoms with Crippen molar-refractivity contribution in [1.82, 2.24) is 9.88 Å². The maximum absolute atomic E-state index is 4.67. The lowest BCUT2D eigenvalue weighted by Crippen LogP contribution is -2.38. The van der Waals surface area contributed by atoms with Gasteiger partial charge in [0.25, 0.3) is 0 Å². The second kappa shape index (κ2) is 8.28. The zero-order valence-electron chi connectivity index (χ0n) is 13.6. The molecule has 0 unspecified atom stereocenters. The lowest BCUT2D eigenvalue weighted by Gasteiger charge is -2.36. The van der Waals surface area contributed by atoms with E-state index in [0.29, 0.717) is 5.41 Å². The van der Waals surface area contributed by atoms with Crippen LogP contribution in [0.15, 0.2) is 18.2 Å². The van der Waals surface area contributed by atoms with Gasteiger partial charge in [0.1, 0.15) is 0 Å². The number of rotatable bonds is 6. The maximum Gasteiger partial charge on any atom is 0.0547 e. The number of halogens is 1. The monoisotopic (exact) mass is 352 g/mol. The van der Waals surface area contributed by atoms with E-state index >= 15 is 0 Å². The quantitative estimate of drug-likeness (QED) is 0.531. The lowest BCUT2D eigenvalue weighted by molar-refractivity contribution is 0.149. The smallest absolute Gasteiger partial charge is 0.0547 e. The predicted octanol–water partition coefficient (Wildman–Crippen LogP) is 4.95. The Hall–Kier alpha value is -0.410. The zero-order valence-corrected chi connectivity index (χ0v) is 15.2. The van der Waals surface area contributed by atoms with Gasteiger partial charge in [-0.15, -0.1) is 0 Å². The van der Waals surface area contributed by atoms with Crippen LogP contribution < -0.4 is 0 Å². The molecule has 0 radical (unpaired) electrons. The predicted molar refractivity (Wildman–Crippen MR) is 93.9 cm³/mol. The Morgan fingerprint density at radius 2 is 1.90 bits per heavy atom. The van der Waals surface area contributed by atoms with Crippen LogP contribution in [0.1, 0.15) is 56.8 Å². The van der Waals surface area contributed by atoms with Gasteiger partial charge in [0.05, 0.1) is 5.69 Å². The zero-order chi connectivity index (χ0) is 15.1. The fourth-order valence-corrected chi connectivity index (χ4v) is 4.22. The van der Waals surface area contributed by atoms with E-state index in [1.165, 1.54) is 50.8 Å². The molecule has 1 heterocycles. The molecule has 0 N–H and O–H groups in total. The topological polar surface area (TPSA) is 16.1 Å². The molecular formula is C18H29BrN2. The molecule has 0 aliphatic heterocycles. The molecule has 1 aromatic heterocycles. The van der Waals surface area contributed by atoms with Gasteiger partial charge in [0, 0.05) is 24.1 Å². The third-order valence-corrected chi connectivity index (χ3v) is 5.98. The molecule has 2 nitrogen and oxygen atoms in total. The highest BCUT2D eigenvalue weighted by molar-refractivity contribution is 9.09. The number of hydrogen-bond acceptors (Lipinski definition) is 2. The lowest BCUT2D eigenvalue weighted by atomic mass is 9.82. The number of nitrogens with zero attached hydrogens (tertiary/aromatic N) is 2. The Morgan fingerprint density at radius 1 is 1.19 bits per heavy atom. The Bertz CT molecular complexity index is 425. The number of hydrogen-bond donors (Lipinski definition) is 0. The van der Waals surface area contributed by atoms with Crippen molar-refractivity contribution in [3.63, 3.8) is 0 Å². The molecule has 1 saturated carbocycles. The molecular weight excluding hydrogens is 324 g/mol. The third kappa shape index (κ3) is 5.07. The van der Waals surface area contributed by atoms with E-state index in [9.17, 15) is 0 Å². The first-order chi connectivity index (χ1) is 10.2. The van der Waals surface area contributed by atoms with Crippen LogP contribution >= 0.6 is 15.9 Å². The minimum absolute atomic E-state index is 0.469. The van der Waals surface area contributed by atoms with Gasteiger partial charge in [-0.1, -0.05) is 54.6 Å². The summed E-state index contributed by atoms with van der Waals surface area (Å²) in [4.78, 5) is 7.25. The van der Waals surface area contributed by atoms with Gasteiger partial charge in [-0.05, 0) is 43.9 Å². The van der Waals surface area contributed by atoms with Crippen LogP contribution in [0.4, 0.5) is 0 Å². The first-order valence-corrected chi connectivity index (χ1v) is 9.50. The number of alkyl halides is 1. The van der Waals surface area contributed by atoms with Crippen molar-refractivity contribution in [3.8, 4) is 0 Å². The van der Waals surface area contributed by atoms with Gasteiger partial charge in [-0.25, -0.2) is 0 Å². The van der Waals surface area contributed by atoms with Gasteiger partial charge in [0.15, 0.2) is 0 Å². The molecule has 1 aliphatic rings. The highest BCUT2D eigenvalue weighted by atomic mass is 79.9. The van der Waals surface area contributed by atoms with Gasteiger partial charge >= 0.3 is 0 Å². The summed E-state index contributed by atoms with van der Waals surface area (Å²) in [6, 6.07) is 6.35. The Kier molecular flexibility index (Phi) is 6.69. The van der Waals surface area contributed by atoms with Gasteiger partial charge in [0.2, 0.25) is 0 Å². The van der Waals surface area contributed by atoms with Crippen LogP contribution in [0.2, 0.25) is 0 Å². The molecule has 0 amide bonds. The van der Waals surface area contributed by atoms with Crippen molar-refractivity contribution in [2.24, 2.45) is 5.41 Å². The Balaban J connectivity index is 2.02. The molecule has 3 heteroatoms. The van der Waals surface area contributed by atoms with Crippen molar-refractivity contribution >= 4 is 15.9 Å². The van der Waals surface area contributed by atoms with Crippen molar-refractivity contribution in [2.75, 3.05) is 18.4 Å². The molecule has 21 heavy (non-hydrogen) atoms. The summed E-state index contributed by atoms with van der Waals surface area (Å²) in [5.74, 6) is 0. The van der Waals surface area contributed by atoms with Crippen LogP contribution in [0.3, 0.4) is 0 Å². The second-order valence-corrected chi connectivity index (χ2v) is 7.18. The Morgan fingerprint density at radius 3 is 2.48 bits per heavy atom. The van der Waals surface area contributed by atoms with Crippen molar-refractivity contribution in [2.45, 2.75) is 58.9 Å². The summed E-state index contributed by atoms with van der Waals surface area (Å²) in [6.07, 6.45) is 8.37.